The molecule has 74 valence electrons. The van der Waals surface area contributed by atoms with E-state index in [-0.39, 0.29) is 12.5 Å². The molecule has 0 aromatic carbocycles. The monoisotopic (exact) mass is 185 g/mol. The quantitative estimate of drug-likeness (QED) is 0.503. The van der Waals surface area contributed by atoms with E-state index in [1.165, 1.54) is 0 Å². The third kappa shape index (κ3) is 3.89. The van der Waals surface area contributed by atoms with Crippen molar-refractivity contribution in [2.45, 2.75) is 12.8 Å². The summed E-state index contributed by atoms with van der Waals surface area (Å²) in [5.74, 6) is -0.182. The topological polar surface area (TPSA) is 84.2 Å². The van der Waals surface area contributed by atoms with Crippen LogP contribution in [0.25, 0.3) is 0 Å². The van der Waals surface area contributed by atoms with Gasteiger partial charge < -0.3 is 16.4 Å². The molecule has 1 atom stereocenters. The number of amides is 2. The average molecular weight is 185 g/mol. The van der Waals surface area contributed by atoms with Gasteiger partial charge >= 0.3 is 0 Å². The summed E-state index contributed by atoms with van der Waals surface area (Å²) in [5.41, 5.74) is 4.88. The van der Waals surface area contributed by atoms with E-state index in [4.69, 9.17) is 5.73 Å². The third-order valence-electron chi connectivity index (χ3n) is 2.10. The van der Waals surface area contributed by atoms with Gasteiger partial charge in [-0.15, -0.1) is 0 Å². The van der Waals surface area contributed by atoms with Crippen molar-refractivity contribution in [3.63, 3.8) is 0 Å². The zero-order valence-electron chi connectivity index (χ0n) is 7.51. The molecule has 1 rings (SSSR count). The number of carbonyl (C=O) groups excluding carboxylic acids is 2. The van der Waals surface area contributed by atoms with Crippen LogP contribution >= 0.6 is 0 Å². The molecule has 0 bridgehead atoms. The Morgan fingerprint density at radius 2 is 2.31 bits per heavy atom. The summed E-state index contributed by atoms with van der Waals surface area (Å²) in [6, 6.07) is 0. The molecule has 0 spiro atoms. The minimum absolute atomic E-state index is 0.0566. The lowest BCUT2D eigenvalue weighted by atomic mass is 10.0. The number of hydrogen-bond acceptors (Lipinski definition) is 3. The number of nitrogens with two attached hydrogens (primary N) is 1. The highest BCUT2D eigenvalue weighted by Crippen LogP contribution is 2.11. The molecule has 2 amide bonds. The highest BCUT2D eigenvalue weighted by molar-refractivity contribution is 5.83. The van der Waals surface area contributed by atoms with E-state index in [2.05, 4.69) is 10.6 Å². The Bertz CT molecular complexity index is 200. The van der Waals surface area contributed by atoms with Crippen molar-refractivity contribution in [1.29, 1.82) is 0 Å². The van der Waals surface area contributed by atoms with Crippen molar-refractivity contribution in [3.05, 3.63) is 0 Å². The van der Waals surface area contributed by atoms with Gasteiger partial charge in [0.15, 0.2) is 0 Å². The van der Waals surface area contributed by atoms with Crippen LogP contribution in [0.15, 0.2) is 0 Å². The summed E-state index contributed by atoms with van der Waals surface area (Å²) in [5, 5.41) is 5.64. The standard InChI is InChI=1S/C8H15N3O2/c9-7(12)5-11-8(13)3-6-1-2-10-4-6/h6,10H,1-5H2,(H2,9,12)(H,11,13). The van der Waals surface area contributed by atoms with Crippen LogP contribution in [-0.4, -0.2) is 31.4 Å². The van der Waals surface area contributed by atoms with Gasteiger partial charge in [-0.1, -0.05) is 0 Å². The Morgan fingerprint density at radius 3 is 2.85 bits per heavy atom. The first-order valence-electron chi connectivity index (χ1n) is 4.44. The number of hydrogen-bond donors (Lipinski definition) is 3. The summed E-state index contributed by atoms with van der Waals surface area (Å²) in [7, 11) is 0. The van der Waals surface area contributed by atoms with Crippen LogP contribution in [0, 0.1) is 5.92 Å². The van der Waals surface area contributed by atoms with Crippen LogP contribution in [0.3, 0.4) is 0 Å². The summed E-state index contributed by atoms with van der Waals surface area (Å²) in [4.78, 5) is 21.5. The van der Waals surface area contributed by atoms with E-state index in [0.29, 0.717) is 12.3 Å². The molecule has 0 aliphatic carbocycles. The Kier molecular flexibility index (Phi) is 3.70. The van der Waals surface area contributed by atoms with E-state index < -0.39 is 5.91 Å². The third-order valence-corrected chi connectivity index (χ3v) is 2.10. The van der Waals surface area contributed by atoms with Crippen molar-refractivity contribution in [1.82, 2.24) is 10.6 Å². The first-order chi connectivity index (χ1) is 6.18. The van der Waals surface area contributed by atoms with Gasteiger partial charge in [-0.05, 0) is 25.4 Å². The van der Waals surface area contributed by atoms with Gasteiger partial charge in [0, 0.05) is 6.42 Å². The van der Waals surface area contributed by atoms with Crippen molar-refractivity contribution >= 4 is 11.8 Å². The highest BCUT2D eigenvalue weighted by Gasteiger charge is 2.17. The normalized spacial score (nSPS) is 21.4. The number of rotatable bonds is 4. The molecule has 13 heavy (non-hydrogen) atoms. The van der Waals surface area contributed by atoms with Gasteiger partial charge in [0.05, 0.1) is 6.54 Å². The highest BCUT2D eigenvalue weighted by atomic mass is 16.2. The molecule has 1 saturated heterocycles. The molecule has 5 nitrogen and oxygen atoms in total. The van der Waals surface area contributed by atoms with Gasteiger partial charge in [0.1, 0.15) is 0 Å². The average Bonchev–Trinajstić information content (AvgIpc) is 2.53. The molecule has 0 radical (unpaired) electrons. The fraction of sp³-hybridized carbons (Fsp3) is 0.750. The Hall–Kier alpha value is -1.10. The van der Waals surface area contributed by atoms with E-state index in [0.717, 1.165) is 19.5 Å². The molecule has 1 unspecified atom stereocenters. The smallest absolute Gasteiger partial charge is 0.236 e. The second-order valence-corrected chi connectivity index (χ2v) is 3.31. The van der Waals surface area contributed by atoms with E-state index >= 15 is 0 Å². The summed E-state index contributed by atoms with van der Waals surface area (Å²) >= 11 is 0. The van der Waals surface area contributed by atoms with Gasteiger partial charge in [-0.3, -0.25) is 9.59 Å². The van der Waals surface area contributed by atoms with Crippen molar-refractivity contribution in [2.24, 2.45) is 11.7 Å². The first kappa shape index (κ1) is 9.98. The van der Waals surface area contributed by atoms with E-state index in [9.17, 15) is 9.59 Å². The van der Waals surface area contributed by atoms with Crippen molar-refractivity contribution < 1.29 is 9.59 Å². The second-order valence-electron chi connectivity index (χ2n) is 3.31. The predicted molar refractivity (Wildman–Crippen MR) is 47.8 cm³/mol. The maximum absolute atomic E-state index is 11.2. The SMILES string of the molecule is NC(=O)CNC(=O)CC1CCNC1. The molecule has 1 aliphatic rings. The summed E-state index contributed by atoms with van der Waals surface area (Å²) in [6.07, 6.45) is 1.52. The molecular formula is C8H15N3O2. The van der Waals surface area contributed by atoms with Crippen LogP contribution in [0.1, 0.15) is 12.8 Å². The van der Waals surface area contributed by atoms with Crippen LogP contribution in [0.4, 0.5) is 0 Å². The van der Waals surface area contributed by atoms with E-state index in [1.807, 2.05) is 0 Å². The van der Waals surface area contributed by atoms with Crippen LogP contribution in [-0.2, 0) is 9.59 Å². The number of primary amides is 1. The van der Waals surface area contributed by atoms with Gasteiger partial charge in [0.25, 0.3) is 0 Å². The maximum Gasteiger partial charge on any atom is 0.236 e. The number of carbonyl (C=O) groups is 2. The van der Waals surface area contributed by atoms with Crippen LogP contribution < -0.4 is 16.4 Å². The lowest BCUT2D eigenvalue weighted by Crippen LogP contribution is -2.34. The summed E-state index contributed by atoms with van der Waals surface area (Å²) in [6.45, 7) is 1.82. The lowest BCUT2D eigenvalue weighted by molar-refractivity contribution is -0.125. The fourth-order valence-electron chi connectivity index (χ4n) is 1.41. The van der Waals surface area contributed by atoms with Crippen LogP contribution in [0.5, 0.6) is 0 Å². The number of nitrogens with one attached hydrogen (secondary N) is 2. The zero-order valence-corrected chi connectivity index (χ0v) is 7.51. The second kappa shape index (κ2) is 4.81. The summed E-state index contributed by atoms with van der Waals surface area (Å²) < 4.78 is 0. The van der Waals surface area contributed by atoms with Gasteiger partial charge in [-0.2, -0.15) is 0 Å². The Morgan fingerprint density at radius 1 is 1.54 bits per heavy atom. The fourth-order valence-corrected chi connectivity index (χ4v) is 1.41. The zero-order chi connectivity index (χ0) is 9.68. The molecule has 0 aromatic rings. The molecule has 0 saturated carbocycles. The minimum atomic E-state index is -0.502. The van der Waals surface area contributed by atoms with Crippen molar-refractivity contribution in [2.75, 3.05) is 19.6 Å². The van der Waals surface area contributed by atoms with E-state index in [1.54, 1.807) is 0 Å². The largest absolute Gasteiger partial charge is 0.368 e. The molecule has 1 heterocycles. The predicted octanol–water partition coefficient (Wildman–Crippen LogP) is -1.41. The molecule has 1 fully saturated rings. The first-order valence-corrected chi connectivity index (χ1v) is 4.44. The van der Waals surface area contributed by atoms with Gasteiger partial charge in [0.2, 0.25) is 11.8 Å². The molecule has 4 N–H and O–H groups in total. The molecule has 1 aliphatic heterocycles. The molecule has 0 aromatic heterocycles. The van der Waals surface area contributed by atoms with Crippen LogP contribution in [0.2, 0.25) is 0 Å². The van der Waals surface area contributed by atoms with Crippen molar-refractivity contribution in [3.8, 4) is 0 Å². The molecular weight excluding hydrogens is 170 g/mol. The lowest BCUT2D eigenvalue weighted by Gasteiger charge is -2.07. The Balaban J connectivity index is 2.13. The Labute approximate surface area is 77.1 Å². The maximum atomic E-state index is 11.2. The minimum Gasteiger partial charge on any atom is -0.368 e. The molecule has 5 heteroatoms. The van der Waals surface area contributed by atoms with Gasteiger partial charge in [-0.25, -0.2) is 0 Å².